The monoisotopic (exact) mass is 395 g/mol. The number of nitrogens with zero attached hydrogens (tertiary/aromatic N) is 2. The number of hydrogen-bond acceptors (Lipinski definition) is 3. The Morgan fingerprint density at radius 2 is 1.78 bits per heavy atom. The number of aromatic hydroxyl groups is 1. The van der Waals surface area contributed by atoms with E-state index in [1.807, 2.05) is 26.0 Å². The molecule has 1 heterocycles. The Hall–Kier alpha value is -2.94. The molecule has 1 aromatic heterocycles. The summed E-state index contributed by atoms with van der Waals surface area (Å²) in [6, 6.07) is 6.78. The van der Waals surface area contributed by atoms with Gasteiger partial charge in [0.05, 0.1) is 0 Å². The van der Waals surface area contributed by atoms with Crippen molar-refractivity contribution in [2.24, 2.45) is 0 Å². The van der Waals surface area contributed by atoms with Crippen molar-refractivity contribution in [2.75, 3.05) is 19.1 Å². The van der Waals surface area contributed by atoms with Crippen molar-refractivity contribution in [1.29, 1.82) is 0 Å². The van der Waals surface area contributed by atoms with Crippen molar-refractivity contribution in [3.05, 3.63) is 58.5 Å². The van der Waals surface area contributed by atoms with Crippen LogP contribution in [-0.2, 0) is 0 Å². The highest BCUT2D eigenvalue weighted by atomic mass is 32.2. The van der Waals surface area contributed by atoms with E-state index in [1.54, 1.807) is 29.4 Å². The minimum atomic E-state index is -0.662. The minimum Gasteiger partial charge on any atom is -0.507 e. The first-order valence-corrected chi connectivity index (χ1v) is 9.41. The highest BCUT2D eigenvalue weighted by molar-refractivity contribution is 7.33. The zero-order chi connectivity index (χ0) is 19.7. The summed E-state index contributed by atoms with van der Waals surface area (Å²) < 4.78 is 36.2. The van der Waals surface area contributed by atoms with Gasteiger partial charge in [-0.05, 0) is 37.1 Å². The van der Waals surface area contributed by atoms with Gasteiger partial charge in [0, 0.05) is 32.3 Å². The highest BCUT2D eigenvalue weighted by Crippen LogP contribution is 2.35. The van der Waals surface area contributed by atoms with Crippen LogP contribution in [0.2, 0.25) is 0 Å². The van der Waals surface area contributed by atoms with Gasteiger partial charge in [0.1, 0.15) is 22.2 Å². The molecule has 0 aliphatic carbocycles. The third-order valence-electron chi connectivity index (χ3n) is 3.86. The van der Waals surface area contributed by atoms with E-state index in [0.29, 0.717) is 0 Å². The zero-order valence-corrected chi connectivity index (χ0v) is 16.2. The first-order chi connectivity index (χ1) is 12.7. The van der Waals surface area contributed by atoms with Crippen molar-refractivity contribution in [1.82, 2.24) is 14.5 Å². The molecular weight excluding hydrogens is 374 g/mol. The zero-order valence-electron chi connectivity index (χ0n) is 15.4. The quantitative estimate of drug-likeness (QED) is 0.566. The molecule has 0 fully saturated rings. The molecule has 1 atom stereocenters. The lowest BCUT2D eigenvalue weighted by Gasteiger charge is -2.16. The molecule has 0 radical (unpaired) electrons. The Bertz CT molecular complexity index is 992. The largest absolute Gasteiger partial charge is 0.507 e. The lowest BCUT2D eigenvalue weighted by Crippen LogP contribution is -2.29. The maximum absolute atomic E-state index is 13.9. The number of aryl methyl sites for hydroxylation is 2. The van der Waals surface area contributed by atoms with Gasteiger partial charge >= 0.3 is 0 Å². The predicted octanol–water partition coefficient (Wildman–Crippen LogP) is 4.60. The third kappa shape index (κ3) is 4.08. The van der Waals surface area contributed by atoms with Crippen LogP contribution >= 0.6 is 10.7 Å². The molecule has 2 aromatic carbocycles. The summed E-state index contributed by atoms with van der Waals surface area (Å²) in [4.78, 5) is 2.49. The van der Waals surface area contributed by atoms with E-state index in [0.717, 1.165) is 34.2 Å². The van der Waals surface area contributed by atoms with E-state index in [1.165, 1.54) is 0 Å². The topological polar surface area (TPSA) is 69.2 Å². The number of H-pyrrole nitrogens is 2. The van der Waals surface area contributed by atoms with Gasteiger partial charge in [0.15, 0.2) is 11.6 Å². The summed E-state index contributed by atoms with van der Waals surface area (Å²) >= 11 is 0. The highest BCUT2D eigenvalue weighted by Gasteiger charge is 2.18. The molecule has 0 saturated carbocycles. The summed E-state index contributed by atoms with van der Waals surface area (Å²) in [7, 11) is 2.97. The molecule has 1 unspecified atom stereocenters. The summed E-state index contributed by atoms with van der Waals surface area (Å²) in [5.41, 5.74) is 1.50. The van der Waals surface area contributed by atoms with Crippen molar-refractivity contribution in [2.45, 2.75) is 13.8 Å². The number of rotatable bonds is 4. The number of aromatic amines is 2. The molecule has 3 rings (SSSR count). The van der Waals surface area contributed by atoms with Crippen molar-refractivity contribution < 1.29 is 18.6 Å². The van der Waals surface area contributed by atoms with Crippen LogP contribution < -0.4 is 9.75 Å². The standard InChI is InChI=1S/C18H20F2N4O2S/c1-11-7-14(8-12(2)18(11)25)27-10-17(21-24(22-27)23(3)4)26-16-9-13(19)5-6-15(16)20/h5-10,21-22H,1-4H3/p+1. The Morgan fingerprint density at radius 3 is 2.41 bits per heavy atom. The van der Waals surface area contributed by atoms with E-state index in [9.17, 15) is 13.9 Å². The van der Waals surface area contributed by atoms with Gasteiger partial charge in [0.2, 0.25) is 10.3 Å². The van der Waals surface area contributed by atoms with Crippen LogP contribution in [0.25, 0.3) is 4.90 Å². The summed E-state index contributed by atoms with van der Waals surface area (Å²) in [5, 5.41) is 16.4. The van der Waals surface area contributed by atoms with Crippen molar-refractivity contribution in [3.63, 3.8) is 0 Å². The van der Waals surface area contributed by atoms with E-state index >= 15 is 0 Å². The maximum atomic E-state index is 13.9. The predicted molar refractivity (Wildman–Crippen MR) is 102 cm³/mol. The number of phenolic OH excluding ortho intramolecular Hbond substituents is 1. The first kappa shape index (κ1) is 18.8. The van der Waals surface area contributed by atoms with Crippen LogP contribution in [0.3, 0.4) is 0 Å². The van der Waals surface area contributed by atoms with Gasteiger partial charge in [-0.3, -0.25) is 5.01 Å². The third-order valence-corrected chi connectivity index (χ3v) is 5.42. The van der Waals surface area contributed by atoms with Crippen LogP contribution in [0.15, 0.2) is 35.7 Å². The fourth-order valence-electron chi connectivity index (χ4n) is 2.45. The molecule has 9 heteroatoms. The van der Waals surface area contributed by atoms with Gasteiger partial charge < -0.3 is 9.84 Å². The SMILES string of the molecule is Cc1cc(-[s+]2cc(Oc3cc(F)ccc3F)[nH]n(N(C)C)[nH]2)cc(C)c1O. The Kier molecular flexibility index (Phi) is 5.13. The average molecular weight is 395 g/mol. The number of ether oxygens (including phenoxy) is 1. The fourth-order valence-corrected chi connectivity index (χ4v) is 4.06. The van der Waals surface area contributed by atoms with E-state index in [2.05, 4.69) is 9.59 Å². The van der Waals surface area contributed by atoms with Gasteiger partial charge in [-0.2, -0.15) is 0 Å². The number of halogens is 2. The smallest absolute Gasteiger partial charge is 0.271 e. The van der Waals surface area contributed by atoms with E-state index < -0.39 is 22.3 Å². The van der Waals surface area contributed by atoms with Crippen LogP contribution in [0.4, 0.5) is 8.78 Å². The molecule has 0 amide bonds. The normalized spacial score (nSPS) is 11.4. The lowest BCUT2D eigenvalue weighted by atomic mass is 10.1. The molecule has 0 bridgehead atoms. The van der Waals surface area contributed by atoms with Gasteiger partial charge in [-0.15, -0.1) is 0 Å². The van der Waals surface area contributed by atoms with E-state index in [4.69, 9.17) is 4.74 Å². The van der Waals surface area contributed by atoms with Crippen molar-refractivity contribution >= 4 is 10.7 Å². The second-order valence-corrected chi connectivity index (χ2v) is 7.83. The number of nitrogens with one attached hydrogen (secondary N) is 2. The Balaban J connectivity index is 2.09. The van der Waals surface area contributed by atoms with Crippen molar-refractivity contribution in [3.8, 4) is 22.3 Å². The molecule has 6 nitrogen and oxygen atoms in total. The van der Waals surface area contributed by atoms with Gasteiger partial charge in [0.25, 0.3) is 5.88 Å². The first-order valence-electron chi connectivity index (χ1n) is 8.13. The minimum absolute atomic E-state index is 0.212. The fraction of sp³-hybridized carbons (Fsp3) is 0.222. The van der Waals surface area contributed by atoms with Crippen LogP contribution in [0.5, 0.6) is 17.4 Å². The average Bonchev–Trinajstić information content (AvgIpc) is 2.62. The molecular formula is C18H21F2N4O2S+. The lowest BCUT2D eigenvalue weighted by molar-refractivity contribution is 0.397. The second-order valence-electron chi connectivity index (χ2n) is 6.26. The second kappa shape index (κ2) is 7.36. The number of hydrogen-bond donors (Lipinski definition) is 3. The maximum Gasteiger partial charge on any atom is 0.271 e. The van der Waals surface area contributed by atoms with E-state index in [-0.39, 0.29) is 17.4 Å². The van der Waals surface area contributed by atoms with Gasteiger partial charge in [-0.25, -0.2) is 13.9 Å². The Labute approximate surface area is 158 Å². The summed E-state index contributed by atoms with van der Waals surface area (Å²) in [6.07, 6.45) is 0. The van der Waals surface area contributed by atoms with Crippen LogP contribution in [-0.4, -0.2) is 33.7 Å². The van der Waals surface area contributed by atoms with Crippen LogP contribution in [0.1, 0.15) is 11.1 Å². The molecule has 0 aliphatic rings. The molecule has 0 aliphatic heterocycles. The molecule has 144 valence electrons. The molecule has 0 spiro atoms. The summed E-state index contributed by atoms with van der Waals surface area (Å²) in [6.45, 7) is 3.65. The Morgan fingerprint density at radius 1 is 1.11 bits per heavy atom. The molecule has 27 heavy (non-hydrogen) atoms. The molecule has 3 N–H and O–H groups in total. The molecule has 0 saturated heterocycles. The van der Waals surface area contributed by atoms with Crippen LogP contribution in [0, 0.1) is 25.5 Å². The summed E-state index contributed by atoms with van der Waals surface area (Å²) in [5.74, 6) is -0.960. The number of phenols is 1. The van der Waals surface area contributed by atoms with Gasteiger partial charge in [-0.1, -0.05) is 9.39 Å². The number of aromatic nitrogens is 3. The molecule has 3 aromatic rings. The number of benzene rings is 2.